The summed E-state index contributed by atoms with van der Waals surface area (Å²) in [6, 6.07) is 3.99. The molecule has 0 bridgehead atoms. The van der Waals surface area contributed by atoms with Crippen LogP contribution in [0.1, 0.15) is 45.5 Å². The minimum atomic E-state index is -0.421. The van der Waals surface area contributed by atoms with Crippen LogP contribution in [0, 0.1) is 5.41 Å². The van der Waals surface area contributed by atoms with E-state index >= 15 is 0 Å². The zero-order chi connectivity index (χ0) is 19.4. The summed E-state index contributed by atoms with van der Waals surface area (Å²) >= 11 is 1.60. The molecule has 164 valence electrons. The molecular formula is C19H31Cl2N5O2S. The zero-order valence-corrected chi connectivity index (χ0v) is 19.6. The number of hydrogen-bond donors (Lipinski definition) is 1. The summed E-state index contributed by atoms with van der Waals surface area (Å²) in [6.07, 6.45) is 1.56. The van der Waals surface area contributed by atoms with Crippen molar-refractivity contribution >= 4 is 42.1 Å². The van der Waals surface area contributed by atoms with Crippen LogP contribution in [0.2, 0.25) is 0 Å². The van der Waals surface area contributed by atoms with Crippen molar-refractivity contribution in [1.29, 1.82) is 0 Å². The Labute approximate surface area is 188 Å². The first-order valence-corrected chi connectivity index (χ1v) is 10.5. The van der Waals surface area contributed by atoms with Crippen molar-refractivity contribution in [2.24, 2.45) is 11.1 Å². The van der Waals surface area contributed by atoms with Crippen molar-refractivity contribution in [2.45, 2.75) is 39.7 Å². The molecule has 2 aromatic heterocycles. The van der Waals surface area contributed by atoms with Crippen LogP contribution in [-0.2, 0) is 4.79 Å². The average molecular weight is 464 g/mol. The van der Waals surface area contributed by atoms with E-state index < -0.39 is 5.41 Å². The Balaban J connectivity index is 0.00000210. The number of rotatable bonds is 7. The topological polar surface area (TPSA) is 88.5 Å². The summed E-state index contributed by atoms with van der Waals surface area (Å²) in [7, 11) is 0. The molecule has 0 aromatic carbocycles. The highest BCUT2D eigenvalue weighted by atomic mass is 35.5. The lowest BCUT2D eigenvalue weighted by molar-refractivity contribution is -0.144. The highest BCUT2D eigenvalue weighted by Crippen LogP contribution is 2.30. The normalized spacial score (nSPS) is 16.1. The monoisotopic (exact) mass is 463 g/mol. The minimum absolute atomic E-state index is 0. The van der Waals surface area contributed by atoms with Gasteiger partial charge < -0.3 is 15.2 Å². The van der Waals surface area contributed by atoms with Crippen molar-refractivity contribution in [3.63, 3.8) is 0 Å². The number of aromatic nitrogens is 2. The van der Waals surface area contributed by atoms with Gasteiger partial charge in [0.15, 0.2) is 0 Å². The molecule has 1 aliphatic heterocycles. The van der Waals surface area contributed by atoms with Gasteiger partial charge in [0, 0.05) is 32.7 Å². The second-order valence-electron chi connectivity index (χ2n) is 7.13. The van der Waals surface area contributed by atoms with Gasteiger partial charge in [-0.05, 0) is 31.2 Å². The molecule has 1 amide bonds. The van der Waals surface area contributed by atoms with Gasteiger partial charge in [0.25, 0.3) is 0 Å². The lowest BCUT2D eigenvalue weighted by atomic mass is 9.80. The number of carbonyl (C=O) groups excluding carboxylic acids is 1. The zero-order valence-electron chi connectivity index (χ0n) is 17.2. The van der Waals surface area contributed by atoms with Gasteiger partial charge >= 0.3 is 0 Å². The van der Waals surface area contributed by atoms with E-state index in [1.165, 1.54) is 0 Å². The smallest absolute Gasteiger partial charge is 0.244 e. The molecule has 0 aliphatic carbocycles. The average Bonchev–Trinajstić information content (AvgIpc) is 3.41. The van der Waals surface area contributed by atoms with Crippen molar-refractivity contribution in [2.75, 3.05) is 32.7 Å². The van der Waals surface area contributed by atoms with E-state index in [0.29, 0.717) is 31.3 Å². The number of nitrogens with two attached hydrogens (primary N) is 1. The highest BCUT2D eigenvalue weighted by molar-refractivity contribution is 7.13. The number of carbonyl (C=O) groups is 1. The molecular weight excluding hydrogens is 433 g/mol. The second kappa shape index (κ2) is 11.3. The molecule has 3 heterocycles. The van der Waals surface area contributed by atoms with Crippen molar-refractivity contribution < 1.29 is 9.32 Å². The summed E-state index contributed by atoms with van der Waals surface area (Å²) in [5.41, 5.74) is 5.52. The van der Waals surface area contributed by atoms with Gasteiger partial charge in [-0.15, -0.1) is 36.2 Å². The third-order valence-electron chi connectivity index (χ3n) is 5.89. The Bertz CT molecular complexity index is 735. The number of nitrogens with zero attached hydrogens (tertiary/aromatic N) is 4. The summed E-state index contributed by atoms with van der Waals surface area (Å²) in [6.45, 7) is 9.57. The molecule has 0 spiro atoms. The Hall–Kier alpha value is -1.19. The largest absolute Gasteiger partial charge is 0.340 e. The van der Waals surface area contributed by atoms with Crippen LogP contribution in [0.25, 0.3) is 10.7 Å². The molecule has 2 N–H and O–H groups in total. The van der Waals surface area contributed by atoms with E-state index in [4.69, 9.17) is 10.3 Å². The molecule has 3 rings (SSSR count). The predicted octanol–water partition coefficient (Wildman–Crippen LogP) is 3.61. The van der Waals surface area contributed by atoms with Crippen LogP contribution in [0.15, 0.2) is 22.0 Å². The molecule has 1 fully saturated rings. The Morgan fingerprint density at radius 1 is 1.28 bits per heavy atom. The lowest BCUT2D eigenvalue weighted by Crippen LogP contribution is -2.55. The minimum Gasteiger partial charge on any atom is -0.340 e. The first-order valence-electron chi connectivity index (χ1n) is 9.65. The molecule has 1 atom stereocenters. The summed E-state index contributed by atoms with van der Waals surface area (Å²) in [5.74, 6) is 1.45. The van der Waals surface area contributed by atoms with Crippen molar-refractivity contribution in [1.82, 2.24) is 19.9 Å². The van der Waals surface area contributed by atoms with E-state index in [0.717, 1.165) is 30.8 Å². The Kier molecular flexibility index (Phi) is 10.0. The lowest BCUT2D eigenvalue weighted by Gasteiger charge is -2.41. The molecule has 7 nitrogen and oxygen atoms in total. The second-order valence-corrected chi connectivity index (χ2v) is 8.08. The van der Waals surface area contributed by atoms with Crippen molar-refractivity contribution in [3.05, 3.63) is 23.4 Å². The highest BCUT2D eigenvalue weighted by Gasteiger charge is 2.38. The molecule has 0 radical (unpaired) electrons. The molecule has 2 aromatic rings. The first-order chi connectivity index (χ1) is 13.0. The van der Waals surface area contributed by atoms with Crippen LogP contribution < -0.4 is 5.73 Å². The number of halogens is 2. The maximum Gasteiger partial charge on any atom is 0.244 e. The van der Waals surface area contributed by atoms with E-state index in [9.17, 15) is 4.79 Å². The van der Waals surface area contributed by atoms with E-state index in [-0.39, 0.29) is 36.8 Å². The van der Waals surface area contributed by atoms with Gasteiger partial charge in [0.1, 0.15) is 0 Å². The molecule has 0 saturated carbocycles. The maximum atomic E-state index is 13.0. The van der Waals surface area contributed by atoms with Gasteiger partial charge in [-0.3, -0.25) is 9.69 Å². The summed E-state index contributed by atoms with van der Waals surface area (Å²) < 4.78 is 5.49. The SMILES string of the molecule is CCC(CC)(CN)C(=O)N1CCN(C(C)c2nc(-c3cccs3)no2)CC1.Cl.Cl. The fraction of sp³-hybridized carbons (Fsp3) is 0.632. The van der Waals surface area contributed by atoms with E-state index in [1.807, 2.05) is 36.3 Å². The Morgan fingerprint density at radius 2 is 1.93 bits per heavy atom. The first kappa shape index (κ1) is 25.8. The number of hydrogen-bond acceptors (Lipinski definition) is 7. The van der Waals surface area contributed by atoms with Crippen LogP contribution >= 0.6 is 36.2 Å². The number of amides is 1. The van der Waals surface area contributed by atoms with E-state index in [2.05, 4.69) is 22.0 Å². The molecule has 1 saturated heterocycles. The van der Waals surface area contributed by atoms with Gasteiger partial charge in [-0.2, -0.15) is 4.98 Å². The number of piperazine rings is 1. The summed E-state index contributed by atoms with van der Waals surface area (Å²) in [5, 5.41) is 6.10. The number of thiophene rings is 1. The predicted molar refractivity (Wildman–Crippen MR) is 121 cm³/mol. The van der Waals surface area contributed by atoms with Crippen LogP contribution in [0.3, 0.4) is 0 Å². The molecule has 1 unspecified atom stereocenters. The third kappa shape index (κ3) is 5.30. The quantitative estimate of drug-likeness (QED) is 0.674. The molecule has 29 heavy (non-hydrogen) atoms. The summed E-state index contributed by atoms with van der Waals surface area (Å²) in [4.78, 5) is 22.8. The van der Waals surface area contributed by atoms with Gasteiger partial charge in [0.2, 0.25) is 17.6 Å². The maximum absolute atomic E-state index is 13.0. The van der Waals surface area contributed by atoms with Crippen molar-refractivity contribution in [3.8, 4) is 10.7 Å². The third-order valence-corrected chi connectivity index (χ3v) is 6.75. The molecule has 10 heteroatoms. The van der Waals surface area contributed by atoms with Gasteiger partial charge in [0.05, 0.1) is 16.3 Å². The Morgan fingerprint density at radius 3 is 2.45 bits per heavy atom. The fourth-order valence-electron chi connectivity index (χ4n) is 3.64. The standard InChI is InChI=1S/C19H29N5O2S.2ClH/c1-4-19(5-2,13-20)18(25)24-10-8-23(9-11-24)14(3)17-21-16(22-26-17)15-7-6-12-27-15;;/h6-7,12,14H,4-5,8-11,13,20H2,1-3H3;2*1H. The fourth-order valence-corrected chi connectivity index (χ4v) is 4.29. The van der Waals surface area contributed by atoms with Crippen LogP contribution in [0.5, 0.6) is 0 Å². The van der Waals surface area contributed by atoms with E-state index in [1.54, 1.807) is 11.3 Å². The van der Waals surface area contributed by atoms with Gasteiger partial charge in [-0.25, -0.2) is 0 Å². The molecule has 1 aliphatic rings. The van der Waals surface area contributed by atoms with Gasteiger partial charge in [-0.1, -0.05) is 25.1 Å². The van der Waals surface area contributed by atoms with Crippen LogP contribution in [-0.4, -0.2) is 58.6 Å². The van der Waals surface area contributed by atoms with Crippen LogP contribution in [0.4, 0.5) is 0 Å².